The SMILES string of the molecule is COC(=O)c1coc(CNc2ccc(F)c(F)c2F)c1. The number of hydrogen-bond donors (Lipinski definition) is 1. The third-order valence-electron chi connectivity index (χ3n) is 2.56. The van der Waals surface area contributed by atoms with E-state index in [-0.39, 0.29) is 17.8 Å². The molecule has 0 spiro atoms. The standard InChI is InChI=1S/C13H10F3NO3/c1-19-13(18)7-4-8(20-6-7)5-17-10-3-2-9(14)11(15)12(10)16/h2-4,6,17H,5H2,1H3. The molecule has 0 unspecified atom stereocenters. The molecule has 1 heterocycles. The zero-order valence-electron chi connectivity index (χ0n) is 10.4. The monoisotopic (exact) mass is 285 g/mol. The number of anilines is 1. The minimum absolute atomic E-state index is 0.00101. The molecule has 0 radical (unpaired) electrons. The number of hydrogen-bond acceptors (Lipinski definition) is 4. The molecule has 2 rings (SSSR count). The quantitative estimate of drug-likeness (QED) is 0.692. The maximum atomic E-state index is 13.4. The Kier molecular flexibility index (Phi) is 3.97. The third kappa shape index (κ3) is 2.76. The Hall–Kier alpha value is -2.44. The number of methoxy groups -OCH3 is 1. The summed E-state index contributed by atoms with van der Waals surface area (Å²) in [5.41, 5.74) is -0.00465. The summed E-state index contributed by atoms with van der Waals surface area (Å²) >= 11 is 0. The highest BCUT2D eigenvalue weighted by molar-refractivity contribution is 5.88. The van der Waals surface area contributed by atoms with Crippen molar-refractivity contribution in [1.82, 2.24) is 0 Å². The number of rotatable bonds is 4. The Morgan fingerprint density at radius 3 is 2.75 bits per heavy atom. The van der Waals surface area contributed by atoms with Crippen LogP contribution in [0, 0.1) is 17.5 Å². The van der Waals surface area contributed by atoms with Gasteiger partial charge >= 0.3 is 5.97 Å². The van der Waals surface area contributed by atoms with Gasteiger partial charge in [-0.2, -0.15) is 0 Å². The maximum Gasteiger partial charge on any atom is 0.341 e. The summed E-state index contributed by atoms with van der Waals surface area (Å²) in [7, 11) is 1.23. The van der Waals surface area contributed by atoms with Gasteiger partial charge in [-0.05, 0) is 18.2 Å². The molecule has 106 valence electrons. The summed E-state index contributed by atoms with van der Waals surface area (Å²) in [5.74, 6) is -4.39. The van der Waals surface area contributed by atoms with Crippen LogP contribution in [0.2, 0.25) is 0 Å². The molecule has 7 heteroatoms. The highest BCUT2D eigenvalue weighted by atomic mass is 19.2. The van der Waals surface area contributed by atoms with Gasteiger partial charge in [0.05, 0.1) is 24.9 Å². The largest absolute Gasteiger partial charge is 0.467 e. The van der Waals surface area contributed by atoms with Gasteiger partial charge in [0.15, 0.2) is 17.5 Å². The summed E-state index contributed by atoms with van der Waals surface area (Å²) in [6.07, 6.45) is 1.18. The summed E-state index contributed by atoms with van der Waals surface area (Å²) in [4.78, 5) is 11.2. The number of benzene rings is 1. The van der Waals surface area contributed by atoms with E-state index >= 15 is 0 Å². The van der Waals surface area contributed by atoms with Crippen LogP contribution in [0.15, 0.2) is 28.9 Å². The molecule has 0 saturated heterocycles. The van der Waals surface area contributed by atoms with E-state index in [4.69, 9.17) is 4.42 Å². The smallest absolute Gasteiger partial charge is 0.341 e. The molecule has 20 heavy (non-hydrogen) atoms. The van der Waals surface area contributed by atoms with Crippen LogP contribution in [0.25, 0.3) is 0 Å². The average Bonchev–Trinajstić information content (AvgIpc) is 2.92. The minimum Gasteiger partial charge on any atom is -0.467 e. The summed E-state index contributed by atoms with van der Waals surface area (Å²) in [5, 5.41) is 2.54. The molecule has 4 nitrogen and oxygen atoms in total. The molecule has 0 bridgehead atoms. The Morgan fingerprint density at radius 2 is 2.05 bits per heavy atom. The Labute approximate surface area is 112 Å². The number of nitrogens with one attached hydrogen (secondary N) is 1. The number of ether oxygens (including phenoxy) is 1. The van der Waals surface area contributed by atoms with E-state index in [1.807, 2.05) is 0 Å². The molecule has 1 N–H and O–H groups in total. The van der Waals surface area contributed by atoms with Crippen LogP contribution >= 0.6 is 0 Å². The Morgan fingerprint density at radius 1 is 1.30 bits per heavy atom. The van der Waals surface area contributed by atoms with Gasteiger partial charge in [-0.1, -0.05) is 0 Å². The van der Waals surface area contributed by atoms with Gasteiger partial charge in [0.25, 0.3) is 0 Å². The van der Waals surface area contributed by atoms with Crippen molar-refractivity contribution >= 4 is 11.7 Å². The number of esters is 1. The first kappa shape index (κ1) is 14.0. The molecule has 0 amide bonds. The van der Waals surface area contributed by atoms with Gasteiger partial charge in [0.1, 0.15) is 12.0 Å². The molecule has 0 aliphatic rings. The van der Waals surface area contributed by atoms with E-state index in [0.29, 0.717) is 5.76 Å². The van der Waals surface area contributed by atoms with Crippen LogP contribution in [0.1, 0.15) is 16.1 Å². The molecule has 0 aliphatic heterocycles. The van der Waals surface area contributed by atoms with Crippen molar-refractivity contribution in [2.24, 2.45) is 0 Å². The van der Waals surface area contributed by atoms with E-state index in [1.54, 1.807) is 0 Å². The normalized spacial score (nSPS) is 10.4. The molecule has 0 atom stereocenters. The van der Waals surface area contributed by atoms with Crippen molar-refractivity contribution in [1.29, 1.82) is 0 Å². The van der Waals surface area contributed by atoms with Crippen molar-refractivity contribution in [2.75, 3.05) is 12.4 Å². The van der Waals surface area contributed by atoms with Crippen molar-refractivity contribution < 1.29 is 27.1 Å². The second kappa shape index (κ2) is 5.68. The van der Waals surface area contributed by atoms with Crippen LogP contribution in [-0.4, -0.2) is 13.1 Å². The lowest BCUT2D eigenvalue weighted by Crippen LogP contribution is -2.03. The van der Waals surface area contributed by atoms with Crippen molar-refractivity contribution in [3.63, 3.8) is 0 Å². The van der Waals surface area contributed by atoms with Gasteiger partial charge in [-0.25, -0.2) is 18.0 Å². The molecule has 1 aromatic heterocycles. The minimum atomic E-state index is -1.55. The van der Waals surface area contributed by atoms with Crippen molar-refractivity contribution in [3.8, 4) is 0 Å². The number of carbonyl (C=O) groups is 1. The van der Waals surface area contributed by atoms with Gasteiger partial charge in [-0.3, -0.25) is 0 Å². The molecular weight excluding hydrogens is 275 g/mol. The predicted octanol–water partition coefficient (Wildman–Crippen LogP) is 3.10. The van der Waals surface area contributed by atoms with Gasteiger partial charge in [0.2, 0.25) is 0 Å². The zero-order chi connectivity index (χ0) is 14.7. The summed E-state index contributed by atoms with van der Waals surface area (Å²) < 4.78 is 48.6. The molecular formula is C13H10F3NO3. The number of carbonyl (C=O) groups excluding carboxylic acids is 1. The molecule has 0 aliphatic carbocycles. The first-order valence-corrected chi connectivity index (χ1v) is 5.56. The van der Waals surface area contributed by atoms with Gasteiger partial charge in [0, 0.05) is 0 Å². The number of furan rings is 1. The first-order valence-electron chi connectivity index (χ1n) is 5.56. The van der Waals surface area contributed by atoms with Gasteiger partial charge in [-0.15, -0.1) is 0 Å². The van der Waals surface area contributed by atoms with Crippen LogP contribution in [0.5, 0.6) is 0 Å². The maximum absolute atomic E-state index is 13.4. The highest BCUT2D eigenvalue weighted by Crippen LogP contribution is 2.20. The summed E-state index contributed by atoms with van der Waals surface area (Å²) in [6.45, 7) is -0.00101. The van der Waals surface area contributed by atoms with E-state index < -0.39 is 23.4 Å². The Balaban J connectivity index is 2.07. The van der Waals surface area contributed by atoms with Gasteiger partial charge < -0.3 is 14.5 Å². The lowest BCUT2D eigenvalue weighted by Gasteiger charge is -2.06. The van der Waals surface area contributed by atoms with Crippen LogP contribution in [0.3, 0.4) is 0 Å². The highest BCUT2D eigenvalue weighted by Gasteiger charge is 2.14. The molecule has 0 fully saturated rings. The second-order valence-corrected chi connectivity index (χ2v) is 3.87. The molecule has 0 saturated carbocycles. The fraction of sp³-hybridized carbons (Fsp3) is 0.154. The average molecular weight is 285 g/mol. The predicted molar refractivity (Wildman–Crippen MR) is 63.7 cm³/mol. The third-order valence-corrected chi connectivity index (χ3v) is 2.56. The lowest BCUT2D eigenvalue weighted by atomic mass is 10.2. The Bertz CT molecular complexity index is 640. The van der Waals surface area contributed by atoms with Crippen LogP contribution in [-0.2, 0) is 11.3 Å². The van der Waals surface area contributed by atoms with E-state index in [0.717, 1.165) is 12.1 Å². The van der Waals surface area contributed by atoms with E-state index in [9.17, 15) is 18.0 Å². The molecule has 1 aromatic carbocycles. The van der Waals surface area contributed by atoms with Crippen molar-refractivity contribution in [3.05, 3.63) is 53.2 Å². The van der Waals surface area contributed by atoms with E-state index in [1.165, 1.54) is 19.4 Å². The second-order valence-electron chi connectivity index (χ2n) is 3.87. The lowest BCUT2D eigenvalue weighted by molar-refractivity contribution is 0.0600. The topological polar surface area (TPSA) is 51.5 Å². The number of halogens is 3. The fourth-order valence-electron chi connectivity index (χ4n) is 1.54. The summed E-state index contributed by atoms with van der Waals surface area (Å²) in [6, 6.07) is 3.28. The van der Waals surface area contributed by atoms with Crippen molar-refractivity contribution in [2.45, 2.75) is 6.54 Å². The zero-order valence-corrected chi connectivity index (χ0v) is 10.4. The van der Waals surface area contributed by atoms with E-state index in [2.05, 4.69) is 10.1 Å². The fourth-order valence-corrected chi connectivity index (χ4v) is 1.54. The van der Waals surface area contributed by atoms with Crippen LogP contribution in [0.4, 0.5) is 18.9 Å². The molecule has 2 aromatic rings. The first-order chi connectivity index (χ1) is 9.52. The van der Waals surface area contributed by atoms with Crippen LogP contribution < -0.4 is 5.32 Å².